The van der Waals surface area contributed by atoms with Crippen LogP contribution in [0.4, 0.5) is 0 Å². The van der Waals surface area contributed by atoms with Crippen LogP contribution in [-0.4, -0.2) is 25.7 Å². The number of carbonyl (C=O) groups excluding carboxylic acids is 1. The van der Waals surface area contributed by atoms with E-state index in [-0.39, 0.29) is 5.41 Å². The van der Waals surface area contributed by atoms with Gasteiger partial charge in [-0.05, 0) is 28.9 Å². The maximum Gasteiger partial charge on any atom is 0.292 e. The van der Waals surface area contributed by atoms with E-state index >= 15 is 0 Å². The Labute approximate surface area is 147 Å². The zero-order valence-electron chi connectivity index (χ0n) is 14.9. The fourth-order valence-corrected chi connectivity index (χ4v) is 2.36. The van der Waals surface area contributed by atoms with Crippen molar-refractivity contribution in [1.82, 2.24) is 4.98 Å². The number of allylic oxidation sites excluding steroid dienone is 2. The largest absolute Gasteiger partial charge is 0.496 e. The topological polar surface area (TPSA) is 48.4 Å². The fraction of sp³-hybridized carbons (Fsp3) is 0.444. The Balaban J connectivity index is 0.000000705. The van der Waals surface area contributed by atoms with Gasteiger partial charge in [0.05, 0.1) is 19.6 Å². The number of hydrogen-bond donors (Lipinski definition) is 0. The molecule has 23 heavy (non-hydrogen) atoms. The average molecular weight is 384 g/mol. The van der Waals surface area contributed by atoms with Crippen LogP contribution in [0.1, 0.15) is 33.4 Å². The summed E-state index contributed by atoms with van der Waals surface area (Å²) < 4.78 is 10.3. The molecule has 0 aliphatic heterocycles. The number of pyridine rings is 1. The number of hydrogen-bond acceptors (Lipinski definition) is 4. The fourth-order valence-electron chi connectivity index (χ4n) is 1.93. The molecule has 0 spiro atoms. The zero-order chi connectivity index (χ0) is 18.0. The summed E-state index contributed by atoms with van der Waals surface area (Å²) in [5, 5.41) is 2.00. The highest BCUT2D eigenvalue weighted by Crippen LogP contribution is 2.23. The number of ether oxygens (including phenoxy) is 2. The van der Waals surface area contributed by atoms with E-state index in [2.05, 4.69) is 57.7 Å². The van der Waals surface area contributed by atoms with Crippen LogP contribution >= 0.6 is 15.9 Å². The van der Waals surface area contributed by atoms with Gasteiger partial charge in [-0.25, -0.2) is 0 Å². The van der Waals surface area contributed by atoms with Crippen LogP contribution in [0.15, 0.2) is 18.2 Å². The predicted octanol–water partition coefficient (Wildman–Crippen LogP) is 3.09. The van der Waals surface area contributed by atoms with E-state index in [0.717, 1.165) is 26.5 Å². The molecule has 5 heteroatoms. The Morgan fingerprint density at radius 3 is 2.30 bits per heavy atom. The quantitative estimate of drug-likeness (QED) is 0.736. The molecule has 0 saturated carbocycles. The number of fused-ring (bicyclic) bond motifs is 1. The Morgan fingerprint density at radius 1 is 1.26 bits per heavy atom. The van der Waals surface area contributed by atoms with Crippen molar-refractivity contribution >= 4 is 33.0 Å². The van der Waals surface area contributed by atoms with Gasteiger partial charge in [-0.2, -0.15) is 0 Å². The number of carbonyl (C=O) groups is 1. The lowest BCUT2D eigenvalue weighted by atomic mass is 9.92. The van der Waals surface area contributed by atoms with E-state index in [1.54, 1.807) is 7.11 Å². The van der Waals surface area contributed by atoms with Gasteiger partial charge in [-0.1, -0.05) is 39.8 Å². The first-order valence-corrected chi connectivity index (χ1v) is 8.24. The SMILES string of the molecule is CC.COC=O.COc1cc(C)nc2c1=CC(C)(C)C=CC=2Br. The molecule has 0 amide bonds. The molecule has 2 rings (SSSR count). The highest BCUT2D eigenvalue weighted by Gasteiger charge is 2.15. The van der Waals surface area contributed by atoms with Gasteiger partial charge in [0.1, 0.15) is 5.75 Å². The molecule has 0 saturated heterocycles. The molecule has 0 aromatic carbocycles. The van der Waals surface area contributed by atoms with Gasteiger partial charge in [-0.15, -0.1) is 0 Å². The number of aromatic nitrogens is 1. The molecule has 1 heterocycles. The number of aryl methyl sites for hydroxylation is 1. The molecule has 1 aromatic rings. The molecule has 0 unspecified atom stereocenters. The maximum absolute atomic E-state index is 8.95. The van der Waals surface area contributed by atoms with Crippen LogP contribution in [0.5, 0.6) is 5.75 Å². The van der Waals surface area contributed by atoms with Crippen LogP contribution in [0, 0.1) is 12.3 Å². The molecule has 4 nitrogen and oxygen atoms in total. The number of nitrogens with zero attached hydrogens (tertiary/aromatic N) is 1. The second kappa shape index (κ2) is 10.2. The molecule has 1 aromatic heterocycles. The lowest BCUT2D eigenvalue weighted by Crippen LogP contribution is -2.32. The van der Waals surface area contributed by atoms with Gasteiger partial charge < -0.3 is 9.47 Å². The van der Waals surface area contributed by atoms with Gasteiger partial charge in [0.15, 0.2) is 0 Å². The third-order valence-electron chi connectivity index (χ3n) is 2.87. The van der Waals surface area contributed by atoms with Crippen LogP contribution < -0.4 is 15.3 Å². The zero-order valence-corrected chi connectivity index (χ0v) is 16.5. The maximum atomic E-state index is 8.95. The number of halogens is 1. The van der Waals surface area contributed by atoms with E-state index in [1.807, 2.05) is 26.8 Å². The number of rotatable bonds is 2. The van der Waals surface area contributed by atoms with E-state index < -0.39 is 0 Å². The lowest BCUT2D eigenvalue weighted by Gasteiger charge is -2.13. The summed E-state index contributed by atoms with van der Waals surface area (Å²) >= 11 is 3.58. The Morgan fingerprint density at radius 2 is 1.83 bits per heavy atom. The molecule has 0 radical (unpaired) electrons. The third-order valence-corrected chi connectivity index (χ3v) is 3.51. The summed E-state index contributed by atoms with van der Waals surface area (Å²) in [6.07, 6.45) is 6.42. The summed E-state index contributed by atoms with van der Waals surface area (Å²) in [5.74, 6) is 0.876. The van der Waals surface area contributed by atoms with Gasteiger partial charge in [0, 0.05) is 26.9 Å². The lowest BCUT2D eigenvalue weighted by molar-refractivity contribution is -0.126. The predicted molar refractivity (Wildman–Crippen MR) is 98.9 cm³/mol. The number of methoxy groups -OCH3 is 2. The first-order valence-electron chi connectivity index (χ1n) is 7.44. The molecule has 0 atom stereocenters. The van der Waals surface area contributed by atoms with Crippen molar-refractivity contribution < 1.29 is 14.3 Å². The van der Waals surface area contributed by atoms with E-state index in [4.69, 9.17) is 9.53 Å². The normalized spacial score (nSPS) is 13.8. The minimum absolute atomic E-state index is 0.00547. The molecular formula is C18H26BrNO3. The van der Waals surface area contributed by atoms with Crippen molar-refractivity contribution in [3.8, 4) is 5.75 Å². The summed E-state index contributed by atoms with van der Waals surface area (Å²) in [4.78, 5) is 13.5. The Kier molecular flexibility index (Phi) is 9.49. The van der Waals surface area contributed by atoms with Crippen LogP contribution in [0.25, 0.3) is 10.6 Å². The first kappa shape index (κ1) is 21.4. The minimum Gasteiger partial charge on any atom is -0.496 e. The molecule has 0 fully saturated rings. The monoisotopic (exact) mass is 383 g/mol. The molecule has 128 valence electrons. The molecular weight excluding hydrogens is 358 g/mol. The molecule has 0 N–H and O–H groups in total. The van der Waals surface area contributed by atoms with Gasteiger partial charge in [0.25, 0.3) is 6.47 Å². The van der Waals surface area contributed by atoms with Crippen molar-refractivity contribution in [2.45, 2.75) is 34.6 Å². The van der Waals surface area contributed by atoms with Crippen molar-refractivity contribution in [2.24, 2.45) is 5.41 Å². The van der Waals surface area contributed by atoms with E-state index in [0.29, 0.717) is 6.47 Å². The molecule has 1 aliphatic carbocycles. The average Bonchev–Trinajstić information content (AvgIpc) is 2.66. The Bertz CT molecular complexity index is 664. The minimum atomic E-state index is -0.00547. The van der Waals surface area contributed by atoms with Crippen molar-refractivity contribution in [1.29, 1.82) is 0 Å². The van der Waals surface area contributed by atoms with Crippen LogP contribution in [0.3, 0.4) is 0 Å². The third kappa shape index (κ3) is 6.57. The van der Waals surface area contributed by atoms with E-state index in [9.17, 15) is 0 Å². The molecule has 0 bridgehead atoms. The van der Waals surface area contributed by atoms with E-state index in [1.165, 1.54) is 7.11 Å². The highest BCUT2D eigenvalue weighted by atomic mass is 79.9. The highest BCUT2D eigenvalue weighted by molar-refractivity contribution is 9.15. The van der Waals surface area contributed by atoms with Crippen LogP contribution in [-0.2, 0) is 9.53 Å². The first-order chi connectivity index (χ1) is 10.8. The van der Waals surface area contributed by atoms with Crippen molar-refractivity contribution in [3.05, 3.63) is 34.5 Å². The summed E-state index contributed by atoms with van der Waals surface area (Å²) in [5.41, 5.74) is 0.952. The molecule has 1 aliphatic rings. The summed E-state index contributed by atoms with van der Waals surface area (Å²) in [6, 6.07) is 1.97. The van der Waals surface area contributed by atoms with Gasteiger partial charge in [0.2, 0.25) is 0 Å². The van der Waals surface area contributed by atoms with Crippen LogP contribution in [0.2, 0.25) is 0 Å². The Hall–Kier alpha value is -1.62. The second-order valence-electron chi connectivity index (χ2n) is 5.21. The summed E-state index contributed by atoms with van der Waals surface area (Å²) in [7, 11) is 3.01. The van der Waals surface area contributed by atoms with Gasteiger partial charge >= 0.3 is 0 Å². The van der Waals surface area contributed by atoms with Crippen molar-refractivity contribution in [2.75, 3.05) is 14.2 Å². The van der Waals surface area contributed by atoms with Gasteiger partial charge in [-0.3, -0.25) is 9.78 Å². The smallest absolute Gasteiger partial charge is 0.292 e. The van der Waals surface area contributed by atoms with Crippen molar-refractivity contribution in [3.63, 3.8) is 0 Å². The summed E-state index contributed by atoms with van der Waals surface area (Å²) in [6.45, 7) is 10.7. The standard InChI is InChI=1S/C14H16BrNO.C2H4O2.C2H6/c1-9-7-12(17-4)10-8-14(2,3)6-5-11(15)13(10)16-9;1-4-2-3;1-2/h5-8H,1-4H3;2H,1H3;1-2H3. The second-order valence-corrected chi connectivity index (χ2v) is 6.06.